The zero-order chi connectivity index (χ0) is 28.5. The van der Waals surface area contributed by atoms with Crippen LogP contribution in [0.5, 0.6) is 5.75 Å². The molecule has 0 aliphatic heterocycles. The molecule has 38 heavy (non-hydrogen) atoms. The Kier molecular flexibility index (Phi) is 11.4. The van der Waals surface area contributed by atoms with Crippen LogP contribution < -0.4 is 10.1 Å². The molecule has 2 aromatic carbocycles. The van der Waals surface area contributed by atoms with Crippen molar-refractivity contribution in [3.8, 4) is 5.75 Å². The number of ether oxygens (including phenoxy) is 1. The number of ketones is 1. The molecule has 0 bridgehead atoms. The molecule has 1 amide bonds. The molecule has 0 saturated heterocycles. The van der Waals surface area contributed by atoms with Crippen LogP contribution >= 0.6 is 11.6 Å². The van der Waals surface area contributed by atoms with Crippen molar-refractivity contribution >= 4 is 23.3 Å². The first-order chi connectivity index (χ1) is 17.7. The van der Waals surface area contributed by atoms with E-state index in [2.05, 4.69) is 19.8 Å². The lowest BCUT2D eigenvalue weighted by Gasteiger charge is -2.36. The maximum atomic E-state index is 13.1. The van der Waals surface area contributed by atoms with Crippen LogP contribution in [-0.2, 0) is 19.3 Å². The second kappa shape index (κ2) is 13.8. The molecule has 0 aliphatic carbocycles. The molecule has 7 N–H and O–H groups in total. The lowest BCUT2D eigenvalue weighted by atomic mass is 10.00. The van der Waals surface area contributed by atoms with Gasteiger partial charge < -0.3 is 10.1 Å². The van der Waals surface area contributed by atoms with Gasteiger partial charge in [-0.25, -0.2) is 14.5 Å². The Hall–Kier alpha value is -2.81. The van der Waals surface area contributed by atoms with Crippen LogP contribution in [0.15, 0.2) is 48.5 Å². The fourth-order valence-corrected chi connectivity index (χ4v) is 3.08. The molecule has 210 valence electrons. The van der Waals surface area contributed by atoms with Gasteiger partial charge in [0.25, 0.3) is 5.91 Å². The number of nitrogens with one attached hydrogen (secondary N) is 1. The van der Waals surface area contributed by atoms with E-state index in [1.54, 1.807) is 24.3 Å². The smallest absolute Gasteiger partial charge is 0.264 e. The minimum Gasteiger partial charge on any atom is -0.478 e. The minimum absolute atomic E-state index is 0.192. The highest BCUT2D eigenvalue weighted by Crippen LogP contribution is 2.22. The van der Waals surface area contributed by atoms with Crippen LogP contribution in [-0.4, -0.2) is 90.1 Å². The molecular weight excluding hydrogens is 536 g/mol. The number of carbonyl (C=O) groups excluding carboxylic acids is 2. The van der Waals surface area contributed by atoms with Gasteiger partial charge in [-0.2, -0.15) is 0 Å². The zero-order valence-corrected chi connectivity index (χ0v) is 20.8. The van der Waals surface area contributed by atoms with Crippen molar-refractivity contribution in [2.75, 3.05) is 19.8 Å². The van der Waals surface area contributed by atoms with Crippen LogP contribution in [0.3, 0.4) is 0 Å². The second-order valence-electron chi connectivity index (χ2n) is 8.29. The summed E-state index contributed by atoms with van der Waals surface area (Å²) in [6, 6.07) is 12.2. The van der Waals surface area contributed by atoms with E-state index < -0.39 is 53.0 Å². The molecule has 0 radical (unpaired) electrons. The average molecular weight is 563 g/mol. The second-order valence-corrected chi connectivity index (χ2v) is 8.72. The zero-order valence-electron chi connectivity index (χ0n) is 20.1. The van der Waals surface area contributed by atoms with Gasteiger partial charge in [-0.3, -0.25) is 40.8 Å². The van der Waals surface area contributed by atoms with Crippen LogP contribution in [0.25, 0.3) is 0 Å². The van der Waals surface area contributed by atoms with Crippen LogP contribution in [0.2, 0.25) is 5.02 Å². The summed E-state index contributed by atoms with van der Waals surface area (Å²) >= 11 is 5.85. The van der Waals surface area contributed by atoms with Crippen LogP contribution in [0.1, 0.15) is 29.8 Å². The van der Waals surface area contributed by atoms with Crippen molar-refractivity contribution < 1.29 is 60.1 Å². The Bertz CT molecular complexity index is 1020. The van der Waals surface area contributed by atoms with Gasteiger partial charge in [0.15, 0.2) is 11.4 Å². The lowest BCUT2D eigenvalue weighted by molar-refractivity contribution is -0.517. The van der Waals surface area contributed by atoms with Crippen LogP contribution in [0, 0.1) is 0 Å². The highest BCUT2D eigenvalue weighted by Gasteiger charge is 2.41. The molecule has 17 heteroatoms. The fraction of sp³-hybridized carbons (Fsp3) is 0.333. The molecule has 16 nitrogen and oxygen atoms in total. The van der Waals surface area contributed by atoms with E-state index in [-0.39, 0.29) is 11.5 Å². The summed E-state index contributed by atoms with van der Waals surface area (Å²) in [6.45, 7) is 0.157. The predicted octanol–water partition coefficient (Wildman–Crippen LogP) is 1.62. The van der Waals surface area contributed by atoms with Crippen molar-refractivity contribution in [3.05, 3.63) is 64.7 Å². The Morgan fingerprint density at radius 2 is 1.16 bits per heavy atom. The molecule has 2 aromatic rings. The fourth-order valence-electron chi connectivity index (χ4n) is 2.95. The van der Waals surface area contributed by atoms with Crippen molar-refractivity contribution in [3.63, 3.8) is 0 Å². The third-order valence-electron chi connectivity index (χ3n) is 4.89. The number of rotatable bonds is 15. The van der Waals surface area contributed by atoms with Crippen LogP contribution in [0.4, 0.5) is 0 Å². The number of hydrogen-bond acceptors (Lipinski definition) is 15. The van der Waals surface area contributed by atoms with Gasteiger partial charge in [0, 0.05) is 16.1 Å². The SMILES string of the molecule is CC(C)(Oc1ccc(C(=O)c2ccc(Cl)cc2)cc1)C(=O)NC(CON(O)O)(CON(O)O)CON(O)O. The van der Waals surface area contributed by atoms with E-state index in [9.17, 15) is 9.59 Å². The molecule has 0 saturated carbocycles. The summed E-state index contributed by atoms with van der Waals surface area (Å²) in [5.41, 5.74) is -2.88. The topological polar surface area (TPSA) is 214 Å². The monoisotopic (exact) mass is 562 g/mol. The Balaban J connectivity index is 2.19. The number of hydrogen-bond donors (Lipinski definition) is 7. The summed E-state index contributed by atoms with van der Waals surface area (Å²) in [5.74, 6) is -0.958. The first-order valence-corrected chi connectivity index (χ1v) is 11.0. The summed E-state index contributed by atoms with van der Waals surface area (Å²) in [5, 5.41) is 54.2. The van der Waals surface area contributed by atoms with E-state index in [1.165, 1.54) is 38.1 Å². The van der Waals surface area contributed by atoms with E-state index in [4.69, 9.17) is 47.6 Å². The Labute approximate surface area is 220 Å². The number of benzene rings is 2. The minimum atomic E-state index is -2.00. The highest BCUT2D eigenvalue weighted by molar-refractivity contribution is 6.30. The van der Waals surface area contributed by atoms with Gasteiger partial charge >= 0.3 is 0 Å². The maximum Gasteiger partial charge on any atom is 0.264 e. The maximum absolute atomic E-state index is 13.1. The molecule has 0 aromatic heterocycles. The highest BCUT2D eigenvalue weighted by atomic mass is 35.5. The third kappa shape index (κ3) is 9.82. The quantitative estimate of drug-likeness (QED) is 0.121. The van der Waals surface area contributed by atoms with Crippen molar-refractivity contribution in [1.82, 2.24) is 21.5 Å². The molecular formula is C21H27ClN4O12. The summed E-state index contributed by atoms with van der Waals surface area (Å²) in [7, 11) is 0. The van der Waals surface area contributed by atoms with Gasteiger partial charge in [0.2, 0.25) is 0 Å². The normalized spacial score (nSPS) is 12.3. The van der Waals surface area contributed by atoms with E-state index in [0.717, 1.165) is 0 Å². The van der Waals surface area contributed by atoms with Gasteiger partial charge in [-0.15, -0.1) is 0 Å². The van der Waals surface area contributed by atoms with E-state index in [0.29, 0.717) is 16.1 Å². The first kappa shape index (κ1) is 31.4. The first-order valence-electron chi connectivity index (χ1n) is 10.6. The molecule has 0 atom stereocenters. The number of carbonyl (C=O) groups is 2. The molecule has 0 unspecified atom stereocenters. The molecule has 0 heterocycles. The molecule has 0 aliphatic rings. The van der Waals surface area contributed by atoms with E-state index in [1.807, 2.05) is 0 Å². The predicted molar refractivity (Wildman–Crippen MR) is 121 cm³/mol. The lowest BCUT2D eigenvalue weighted by Crippen LogP contribution is -2.64. The number of amides is 1. The van der Waals surface area contributed by atoms with Gasteiger partial charge in [0.1, 0.15) is 31.1 Å². The summed E-state index contributed by atoms with van der Waals surface area (Å²) in [4.78, 5) is 39.3. The van der Waals surface area contributed by atoms with Crippen molar-refractivity contribution in [1.29, 1.82) is 0 Å². The standard InChI is InChI=1S/C21H27ClN4O12/c1-20(2,38-17-9-5-15(6-10-17)18(27)14-3-7-16(22)8-4-14)19(28)23-21(11-35-24(29)30,12-36-25(31)32)13-37-26(33)34/h3-10,29-34H,11-13H2,1-2H3,(H,23,28). The number of nitrogens with zero attached hydrogens (tertiary/aromatic N) is 3. The molecule has 0 fully saturated rings. The summed E-state index contributed by atoms with van der Waals surface area (Å²) in [6.07, 6.45) is 0. The van der Waals surface area contributed by atoms with E-state index >= 15 is 0 Å². The Morgan fingerprint density at radius 3 is 1.55 bits per heavy atom. The van der Waals surface area contributed by atoms with Gasteiger partial charge in [-0.05, 0) is 62.4 Å². The van der Waals surface area contributed by atoms with Crippen molar-refractivity contribution in [2.24, 2.45) is 0 Å². The average Bonchev–Trinajstić information content (AvgIpc) is 2.85. The molecule has 2 rings (SSSR count). The number of halogens is 1. The van der Waals surface area contributed by atoms with Gasteiger partial charge in [0.05, 0.1) is 16.2 Å². The molecule has 0 spiro atoms. The van der Waals surface area contributed by atoms with Gasteiger partial charge in [-0.1, -0.05) is 11.6 Å². The Morgan fingerprint density at radius 1 is 0.763 bits per heavy atom. The largest absolute Gasteiger partial charge is 0.478 e. The van der Waals surface area contributed by atoms with Crippen molar-refractivity contribution in [2.45, 2.75) is 25.0 Å². The third-order valence-corrected chi connectivity index (χ3v) is 5.14. The summed E-state index contributed by atoms with van der Waals surface area (Å²) < 4.78 is 5.75.